The van der Waals surface area contributed by atoms with E-state index < -0.39 is 0 Å². The van der Waals surface area contributed by atoms with Gasteiger partial charge in [0.1, 0.15) is 0 Å². The number of hydrogen-bond donors (Lipinski definition) is 3. The second kappa shape index (κ2) is 9.57. The second-order valence-electron chi connectivity index (χ2n) is 7.19. The molecule has 1 aromatic carbocycles. The number of carbonyl (C=O) groups is 2. The Hall–Kier alpha value is -2.08. The van der Waals surface area contributed by atoms with Gasteiger partial charge in [0.25, 0.3) is 5.91 Å². The number of rotatable bonds is 8. The van der Waals surface area contributed by atoms with Crippen LogP contribution in [0.5, 0.6) is 0 Å². The van der Waals surface area contributed by atoms with Gasteiger partial charge in [-0.05, 0) is 56.4 Å². The largest absolute Gasteiger partial charge is 0.378 e. The minimum absolute atomic E-state index is 0.100. The van der Waals surface area contributed by atoms with E-state index in [1.807, 2.05) is 0 Å². The number of ether oxygens (including phenoxy) is 1. The van der Waals surface area contributed by atoms with Crippen LogP contribution in [0.2, 0.25) is 0 Å². The maximum atomic E-state index is 12.1. The lowest BCUT2D eigenvalue weighted by atomic mass is 9.98. The van der Waals surface area contributed by atoms with Crippen LogP contribution in [-0.4, -0.2) is 37.2 Å². The highest BCUT2D eigenvalue weighted by Gasteiger charge is 2.23. The van der Waals surface area contributed by atoms with Crippen LogP contribution in [0.4, 0.5) is 10.5 Å². The van der Waals surface area contributed by atoms with Gasteiger partial charge in [-0.25, -0.2) is 4.79 Å². The van der Waals surface area contributed by atoms with Crippen LogP contribution in [0.3, 0.4) is 0 Å². The van der Waals surface area contributed by atoms with E-state index >= 15 is 0 Å². The Labute approximate surface area is 155 Å². The highest BCUT2D eigenvalue weighted by molar-refractivity contribution is 5.95. The van der Waals surface area contributed by atoms with Gasteiger partial charge in [-0.15, -0.1) is 0 Å². The smallest absolute Gasteiger partial charge is 0.319 e. The minimum Gasteiger partial charge on any atom is -0.378 e. The van der Waals surface area contributed by atoms with E-state index in [9.17, 15) is 9.59 Å². The number of carbonyl (C=O) groups excluding carboxylic acids is 2. The van der Waals surface area contributed by atoms with Gasteiger partial charge in [0.15, 0.2) is 0 Å². The van der Waals surface area contributed by atoms with Gasteiger partial charge in [-0.3, -0.25) is 4.79 Å². The number of amides is 3. The number of nitrogens with one attached hydrogen (secondary N) is 3. The molecule has 0 radical (unpaired) electrons. The summed E-state index contributed by atoms with van der Waals surface area (Å²) in [6.07, 6.45) is 9.56. The summed E-state index contributed by atoms with van der Waals surface area (Å²) in [4.78, 5) is 23.8. The molecule has 0 aliphatic heterocycles. The summed E-state index contributed by atoms with van der Waals surface area (Å²) in [6, 6.07) is 7.06. The van der Waals surface area contributed by atoms with Crippen LogP contribution in [0.1, 0.15) is 61.7 Å². The van der Waals surface area contributed by atoms with Crippen molar-refractivity contribution >= 4 is 17.6 Å². The van der Waals surface area contributed by atoms with Crippen LogP contribution < -0.4 is 16.0 Å². The van der Waals surface area contributed by atoms with Gasteiger partial charge in [0.05, 0.1) is 6.10 Å². The van der Waals surface area contributed by atoms with Crippen LogP contribution >= 0.6 is 0 Å². The average molecular weight is 359 g/mol. The van der Waals surface area contributed by atoms with Gasteiger partial charge < -0.3 is 20.7 Å². The third kappa shape index (κ3) is 6.33. The molecule has 3 rings (SSSR count). The van der Waals surface area contributed by atoms with Gasteiger partial charge in [0, 0.05) is 30.4 Å². The maximum Gasteiger partial charge on any atom is 0.319 e. The minimum atomic E-state index is -0.192. The average Bonchev–Trinajstić information content (AvgIpc) is 3.46. The summed E-state index contributed by atoms with van der Waals surface area (Å²) < 4.78 is 5.86. The molecule has 2 saturated carbocycles. The Morgan fingerprint density at radius 1 is 1.00 bits per heavy atom. The molecule has 0 unspecified atom stereocenters. The zero-order valence-corrected chi connectivity index (χ0v) is 15.3. The maximum absolute atomic E-state index is 12.1. The summed E-state index contributed by atoms with van der Waals surface area (Å²) in [5.74, 6) is -0.100. The number of benzene rings is 1. The molecule has 2 aliphatic rings. The molecule has 0 bridgehead atoms. The molecular weight excluding hydrogens is 330 g/mol. The molecule has 3 amide bonds. The summed E-state index contributed by atoms with van der Waals surface area (Å²) in [5, 5.41) is 8.55. The monoisotopic (exact) mass is 359 g/mol. The zero-order chi connectivity index (χ0) is 18.2. The van der Waals surface area contributed by atoms with Crippen molar-refractivity contribution in [3.8, 4) is 0 Å². The molecule has 26 heavy (non-hydrogen) atoms. The van der Waals surface area contributed by atoms with Crippen molar-refractivity contribution in [2.75, 3.05) is 18.5 Å². The molecule has 6 heteroatoms. The van der Waals surface area contributed by atoms with E-state index in [4.69, 9.17) is 4.74 Å². The molecule has 0 atom stereocenters. The van der Waals surface area contributed by atoms with Crippen molar-refractivity contribution in [3.63, 3.8) is 0 Å². The SMILES string of the molecule is O=C(Nc1ccc(C(=O)NCCCOC2CCCCC2)cc1)NC1CC1. The lowest BCUT2D eigenvalue weighted by molar-refractivity contribution is 0.0273. The first-order valence-corrected chi connectivity index (χ1v) is 9.78. The number of hydrogen-bond acceptors (Lipinski definition) is 3. The lowest BCUT2D eigenvalue weighted by Gasteiger charge is -2.21. The van der Waals surface area contributed by atoms with E-state index in [0.717, 1.165) is 19.3 Å². The van der Waals surface area contributed by atoms with E-state index in [1.165, 1.54) is 32.1 Å². The first-order chi connectivity index (χ1) is 12.7. The first-order valence-electron chi connectivity index (χ1n) is 9.78. The van der Waals surface area contributed by atoms with E-state index in [2.05, 4.69) is 16.0 Å². The fourth-order valence-corrected chi connectivity index (χ4v) is 3.14. The third-order valence-electron chi connectivity index (χ3n) is 4.83. The Bertz CT molecular complexity index is 593. The Kier molecular flexibility index (Phi) is 6.89. The van der Waals surface area contributed by atoms with Gasteiger partial charge in [0.2, 0.25) is 0 Å². The predicted octanol–water partition coefficient (Wildman–Crippen LogP) is 3.44. The molecule has 3 N–H and O–H groups in total. The molecular formula is C20H29N3O3. The van der Waals surface area contributed by atoms with Crippen molar-refractivity contribution < 1.29 is 14.3 Å². The summed E-state index contributed by atoms with van der Waals surface area (Å²) in [5.41, 5.74) is 1.27. The van der Waals surface area contributed by atoms with Gasteiger partial charge in [-0.1, -0.05) is 19.3 Å². The van der Waals surface area contributed by atoms with Crippen LogP contribution in [0, 0.1) is 0 Å². The molecule has 142 valence electrons. The lowest BCUT2D eigenvalue weighted by Crippen LogP contribution is -2.30. The number of anilines is 1. The molecule has 6 nitrogen and oxygen atoms in total. The number of urea groups is 1. The molecule has 2 fully saturated rings. The Balaban J connectivity index is 1.31. The highest BCUT2D eigenvalue weighted by atomic mass is 16.5. The van der Waals surface area contributed by atoms with Gasteiger partial charge >= 0.3 is 6.03 Å². The highest BCUT2D eigenvalue weighted by Crippen LogP contribution is 2.20. The van der Waals surface area contributed by atoms with Crippen molar-refractivity contribution in [3.05, 3.63) is 29.8 Å². The quantitative estimate of drug-likeness (QED) is 0.622. The van der Waals surface area contributed by atoms with E-state index in [0.29, 0.717) is 36.5 Å². The van der Waals surface area contributed by atoms with Crippen molar-refractivity contribution in [2.45, 2.75) is 63.5 Å². The fraction of sp³-hybridized carbons (Fsp3) is 0.600. The normalized spacial score (nSPS) is 17.5. The van der Waals surface area contributed by atoms with Crippen LogP contribution in [-0.2, 0) is 4.74 Å². The first kappa shape index (κ1) is 18.7. The molecule has 2 aliphatic carbocycles. The Morgan fingerprint density at radius 2 is 1.73 bits per heavy atom. The fourth-order valence-electron chi connectivity index (χ4n) is 3.14. The van der Waals surface area contributed by atoms with Crippen LogP contribution in [0.15, 0.2) is 24.3 Å². The Morgan fingerprint density at radius 3 is 2.42 bits per heavy atom. The molecule has 0 spiro atoms. The van der Waals surface area contributed by atoms with Gasteiger partial charge in [-0.2, -0.15) is 0 Å². The van der Waals surface area contributed by atoms with E-state index in [-0.39, 0.29) is 11.9 Å². The second-order valence-corrected chi connectivity index (χ2v) is 7.19. The van der Waals surface area contributed by atoms with Crippen LogP contribution in [0.25, 0.3) is 0 Å². The molecule has 0 aromatic heterocycles. The molecule has 1 aromatic rings. The summed E-state index contributed by atoms with van der Waals surface area (Å²) in [7, 11) is 0. The topological polar surface area (TPSA) is 79.5 Å². The third-order valence-corrected chi connectivity index (χ3v) is 4.83. The predicted molar refractivity (Wildman–Crippen MR) is 101 cm³/mol. The summed E-state index contributed by atoms with van der Waals surface area (Å²) >= 11 is 0. The van der Waals surface area contributed by atoms with Crippen molar-refractivity contribution in [2.24, 2.45) is 0 Å². The standard InChI is InChI=1S/C20H29N3O3/c24-19(21-13-4-14-26-18-5-2-1-3-6-18)15-7-9-16(10-8-15)22-20(25)23-17-11-12-17/h7-10,17-18H,1-6,11-14H2,(H,21,24)(H2,22,23,25). The van der Waals surface area contributed by atoms with Crippen molar-refractivity contribution in [1.29, 1.82) is 0 Å². The van der Waals surface area contributed by atoms with E-state index in [1.54, 1.807) is 24.3 Å². The molecule has 0 heterocycles. The summed E-state index contributed by atoms with van der Waals surface area (Å²) in [6.45, 7) is 1.30. The zero-order valence-electron chi connectivity index (χ0n) is 15.3. The van der Waals surface area contributed by atoms with Crippen molar-refractivity contribution in [1.82, 2.24) is 10.6 Å². The molecule has 0 saturated heterocycles.